The van der Waals surface area contributed by atoms with Crippen LogP contribution in [0.2, 0.25) is 0 Å². The van der Waals surface area contributed by atoms with Crippen molar-refractivity contribution < 1.29 is 9.53 Å². The number of hydrogen-bond donors (Lipinski definition) is 1. The van der Waals surface area contributed by atoms with E-state index in [1.807, 2.05) is 38.9 Å². The lowest BCUT2D eigenvalue weighted by atomic mass is 9.97. The lowest BCUT2D eigenvalue weighted by Gasteiger charge is -2.39. The number of hydrogen-bond acceptors (Lipinski definition) is 5. The standard InChI is InChI=1S/C16H27N5O2/c1-16(2,3)23-15(22)21-13-5-6-14(21)8-11(7-13)17-9-12-10-20(4)19-18-12/h10-11,13-14,17H,5-9H2,1-4H3. The molecular weight excluding hydrogens is 294 g/mol. The topological polar surface area (TPSA) is 72.3 Å². The Bertz CT molecular complexity index is 551. The first-order valence-electron chi connectivity index (χ1n) is 8.42. The van der Waals surface area contributed by atoms with Gasteiger partial charge in [0, 0.05) is 37.9 Å². The molecule has 1 aromatic rings. The Hall–Kier alpha value is -1.63. The molecule has 1 N–H and O–H groups in total. The molecule has 2 atom stereocenters. The lowest BCUT2D eigenvalue weighted by Crippen LogP contribution is -2.52. The molecule has 7 heteroatoms. The van der Waals surface area contributed by atoms with Crippen LogP contribution in [0.15, 0.2) is 6.20 Å². The molecule has 2 bridgehead atoms. The molecule has 3 heterocycles. The van der Waals surface area contributed by atoms with Gasteiger partial charge in [-0.05, 0) is 46.5 Å². The van der Waals surface area contributed by atoms with Gasteiger partial charge in [-0.15, -0.1) is 5.10 Å². The fraction of sp³-hybridized carbons (Fsp3) is 0.812. The minimum atomic E-state index is -0.433. The molecule has 0 spiro atoms. The second-order valence-electron chi connectivity index (χ2n) is 7.71. The van der Waals surface area contributed by atoms with Gasteiger partial charge in [0.25, 0.3) is 0 Å². The SMILES string of the molecule is Cn1cc(CNC2CC3CCC(C2)N3C(=O)OC(C)(C)C)nn1. The fourth-order valence-electron chi connectivity index (χ4n) is 3.68. The highest BCUT2D eigenvalue weighted by Crippen LogP contribution is 2.36. The zero-order valence-corrected chi connectivity index (χ0v) is 14.5. The van der Waals surface area contributed by atoms with Crippen molar-refractivity contribution in [3.63, 3.8) is 0 Å². The summed E-state index contributed by atoms with van der Waals surface area (Å²) in [5.41, 5.74) is 0.520. The third kappa shape index (κ3) is 3.83. The number of ether oxygens (including phenoxy) is 1. The Morgan fingerprint density at radius 3 is 2.52 bits per heavy atom. The fourth-order valence-corrected chi connectivity index (χ4v) is 3.68. The van der Waals surface area contributed by atoms with Crippen LogP contribution < -0.4 is 5.32 Å². The number of piperidine rings is 1. The Balaban J connectivity index is 1.55. The maximum Gasteiger partial charge on any atom is 0.410 e. The Morgan fingerprint density at radius 1 is 1.35 bits per heavy atom. The summed E-state index contributed by atoms with van der Waals surface area (Å²) in [5, 5.41) is 11.6. The smallest absolute Gasteiger partial charge is 0.410 e. The molecule has 7 nitrogen and oxygen atoms in total. The van der Waals surface area contributed by atoms with Gasteiger partial charge in [-0.2, -0.15) is 0 Å². The van der Waals surface area contributed by atoms with E-state index in [0.29, 0.717) is 18.1 Å². The summed E-state index contributed by atoms with van der Waals surface area (Å²) in [4.78, 5) is 14.4. The van der Waals surface area contributed by atoms with E-state index in [1.165, 1.54) is 0 Å². The van der Waals surface area contributed by atoms with Crippen molar-refractivity contribution in [2.75, 3.05) is 0 Å². The van der Waals surface area contributed by atoms with Crippen molar-refractivity contribution >= 4 is 6.09 Å². The van der Waals surface area contributed by atoms with Gasteiger partial charge in [0.15, 0.2) is 0 Å². The van der Waals surface area contributed by atoms with Crippen LogP contribution in [0.25, 0.3) is 0 Å². The maximum absolute atomic E-state index is 12.4. The molecule has 0 radical (unpaired) electrons. The van der Waals surface area contributed by atoms with Crippen molar-refractivity contribution in [3.05, 3.63) is 11.9 Å². The zero-order valence-electron chi connectivity index (χ0n) is 14.5. The largest absolute Gasteiger partial charge is 0.444 e. The lowest BCUT2D eigenvalue weighted by molar-refractivity contribution is 0.00465. The van der Waals surface area contributed by atoms with Crippen molar-refractivity contribution in [2.24, 2.45) is 7.05 Å². The third-order valence-electron chi connectivity index (χ3n) is 4.56. The number of fused-ring (bicyclic) bond motifs is 2. The number of aromatic nitrogens is 3. The molecule has 0 aliphatic carbocycles. The highest BCUT2D eigenvalue weighted by Gasteiger charge is 2.44. The molecule has 2 aliphatic rings. The molecular formula is C16H27N5O2. The maximum atomic E-state index is 12.4. The molecule has 2 fully saturated rings. The van der Waals surface area contributed by atoms with Crippen LogP contribution in [-0.2, 0) is 18.3 Å². The van der Waals surface area contributed by atoms with Gasteiger partial charge in [-0.1, -0.05) is 5.21 Å². The van der Waals surface area contributed by atoms with Crippen LogP contribution in [0.1, 0.15) is 52.1 Å². The van der Waals surface area contributed by atoms with Gasteiger partial charge in [0.1, 0.15) is 5.60 Å². The summed E-state index contributed by atoms with van der Waals surface area (Å²) >= 11 is 0. The van der Waals surface area contributed by atoms with Crippen LogP contribution in [0, 0.1) is 0 Å². The minimum absolute atomic E-state index is 0.155. The highest BCUT2D eigenvalue weighted by molar-refractivity contribution is 5.69. The average molecular weight is 321 g/mol. The van der Waals surface area contributed by atoms with Crippen LogP contribution >= 0.6 is 0 Å². The molecule has 128 valence electrons. The Morgan fingerprint density at radius 2 is 2.00 bits per heavy atom. The van der Waals surface area contributed by atoms with E-state index >= 15 is 0 Å². The van der Waals surface area contributed by atoms with E-state index in [9.17, 15) is 4.79 Å². The summed E-state index contributed by atoms with van der Waals surface area (Å²) < 4.78 is 7.28. The second-order valence-corrected chi connectivity index (χ2v) is 7.71. The third-order valence-corrected chi connectivity index (χ3v) is 4.56. The summed E-state index contributed by atoms with van der Waals surface area (Å²) in [5.74, 6) is 0. The monoisotopic (exact) mass is 321 g/mol. The van der Waals surface area contributed by atoms with Crippen molar-refractivity contribution in [1.29, 1.82) is 0 Å². The van der Waals surface area contributed by atoms with E-state index in [-0.39, 0.29) is 6.09 Å². The summed E-state index contributed by atoms with van der Waals surface area (Å²) in [6, 6.07) is 1.01. The van der Waals surface area contributed by atoms with Gasteiger partial charge in [-0.3, -0.25) is 4.68 Å². The van der Waals surface area contributed by atoms with Crippen molar-refractivity contribution in [3.8, 4) is 0 Å². The van der Waals surface area contributed by atoms with Crippen LogP contribution in [0.4, 0.5) is 4.79 Å². The Kier molecular flexibility index (Phi) is 4.31. The quantitative estimate of drug-likeness (QED) is 0.919. The van der Waals surface area contributed by atoms with E-state index in [1.54, 1.807) is 4.68 Å². The predicted octanol–water partition coefficient (Wildman–Crippen LogP) is 1.84. The molecule has 0 saturated carbocycles. The van der Waals surface area contributed by atoms with Gasteiger partial charge in [0.2, 0.25) is 0 Å². The van der Waals surface area contributed by atoms with Crippen molar-refractivity contribution in [1.82, 2.24) is 25.2 Å². The summed E-state index contributed by atoms with van der Waals surface area (Å²) in [7, 11) is 1.87. The van der Waals surface area contributed by atoms with Gasteiger partial charge in [-0.25, -0.2) is 4.79 Å². The average Bonchev–Trinajstić information content (AvgIpc) is 2.96. The molecule has 1 amide bonds. The molecule has 2 saturated heterocycles. The van der Waals surface area contributed by atoms with Gasteiger partial charge < -0.3 is 15.0 Å². The zero-order chi connectivity index (χ0) is 16.6. The van der Waals surface area contributed by atoms with Crippen LogP contribution in [0.3, 0.4) is 0 Å². The molecule has 23 heavy (non-hydrogen) atoms. The minimum Gasteiger partial charge on any atom is -0.444 e. The second kappa shape index (κ2) is 6.11. The first kappa shape index (κ1) is 16.2. The summed E-state index contributed by atoms with van der Waals surface area (Å²) in [6.45, 7) is 6.48. The van der Waals surface area contributed by atoms with Gasteiger partial charge >= 0.3 is 6.09 Å². The number of carbonyl (C=O) groups excluding carboxylic acids is 1. The number of nitrogens with one attached hydrogen (secondary N) is 1. The highest BCUT2D eigenvalue weighted by atomic mass is 16.6. The number of carbonyl (C=O) groups is 1. The van der Waals surface area contributed by atoms with E-state index in [4.69, 9.17) is 4.74 Å². The van der Waals surface area contributed by atoms with E-state index in [2.05, 4.69) is 15.6 Å². The number of rotatable bonds is 3. The number of aryl methyl sites for hydroxylation is 1. The van der Waals surface area contributed by atoms with E-state index in [0.717, 1.165) is 37.9 Å². The van der Waals surface area contributed by atoms with Crippen LogP contribution in [0.5, 0.6) is 0 Å². The van der Waals surface area contributed by atoms with Gasteiger partial charge in [0.05, 0.1) is 5.69 Å². The number of nitrogens with zero attached hydrogens (tertiary/aromatic N) is 4. The molecule has 0 aromatic carbocycles. The molecule has 3 rings (SSSR count). The predicted molar refractivity (Wildman–Crippen MR) is 85.7 cm³/mol. The van der Waals surface area contributed by atoms with E-state index < -0.39 is 5.60 Å². The van der Waals surface area contributed by atoms with Crippen LogP contribution in [-0.4, -0.2) is 49.7 Å². The normalized spacial score (nSPS) is 27.3. The molecule has 1 aromatic heterocycles. The molecule has 2 unspecified atom stereocenters. The molecule has 2 aliphatic heterocycles. The first-order chi connectivity index (χ1) is 10.8. The summed E-state index contributed by atoms with van der Waals surface area (Å²) in [6.07, 6.45) is 5.89. The first-order valence-corrected chi connectivity index (χ1v) is 8.42. The number of amides is 1. The Labute approximate surface area is 137 Å². The van der Waals surface area contributed by atoms with Crippen molar-refractivity contribution in [2.45, 2.75) is 76.7 Å².